The van der Waals surface area contributed by atoms with Crippen molar-refractivity contribution in [1.82, 2.24) is 4.90 Å². The third-order valence-electron chi connectivity index (χ3n) is 4.11. The lowest BCUT2D eigenvalue weighted by Crippen LogP contribution is -2.50. The molecule has 3 heteroatoms. The highest BCUT2D eigenvalue weighted by atomic mass is 16.2. The Morgan fingerprint density at radius 2 is 1.82 bits per heavy atom. The minimum atomic E-state index is -0.154. The fourth-order valence-corrected chi connectivity index (χ4v) is 3.25. The highest BCUT2D eigenvalue weighted by molar-refractivity contribution is 5.99. The number of hydrogen-bond acceptors (Lipinski definition) is 2. The van der Waals surface area contributed by atoms with E-state index in [2.05, 4.69) is 5.92 Å². The summed E-state index contributed by atoms with van der Waals surface area (Å²) < 4.78 is 0. The molecule has 2 amide bonds. The Balaban J connectivity index is 2.11. The molecular formula is C14H19NO2. The Hall–Kier alpha value is -1.30. The molecule has 2 fully saturated rings. The van der Waals surface area contributed by atoms with E-state index in [1.165, 1.54) is 4.90 Å². The smallest absolute Gasteiger partial charge is 0.230 e. The second kappa shape index (κ2) is 4.52. The van der Waals surface area contributed by atoms with E-state index in [0.29, 0.717) is 19.3 Å². The molecule has 1 aliphatic heterocycles. The van der Waals surface area contributed by atoms with Crippen LogP contribution in [0.5, 0.6) is 0 Å². The van der Waals surface area contributed by atoms with Gasteiger partial charge in [0.05, 0.1) is 0 Å². The third kappa shape index (κ3) is 2.22. The Morgan fingerprint density at radius 1 is 1.29 bits per heavy atom. The number of carbonyl (C=O) groups excluding carboxylic acids is 2. The summed E-state index contributed by atoms with van der Waals surface area (Å²) in [5.74, 6) is 2.48. The molecule has 2 rings (SSSR count). The van der Waals surface area contributed by atoms with E-state index in [-0.39, 0.29) is 23.3 Å². The van der Waals surface area contributed by atoms with Crippen molar-refractivity contribution in [2.75, 3.05) is 0 Å². The summed E-state index contributed by atoms with van der Waals surface area (Å²) in [5.41, 5.74) is -0.0134. The van der Waals surface area contributed by atoms with Gasteiger partial charge in [-0.15, -0.1) is 12.3 Å². The number of piperidine rings is 1. The number of terminal acetylenes is 1. The number of nitrogens with zero attached hydrogens (tertiary/aromatic N) is 1. The zero-order valence-electron chi connectivity index (χ0n) is 10.4. The second-order valence-electron chi connectivity index (χ2n) is 5.48. The summed E-state index contributed by atoms with van der Waals surface area (Å²) in [7, 11) is 0. The third-order valence-corrected chi connectivity index (χ3v) is 4.11. The van der Waals surface area contributed by atoms with Crippen molar-refractivity contribution in [2.45, 2.75) is 57.9 Å². The van der Waals surface area contributed by atoms with E-state index in [0.717, 1.165) is 25.7 Å². The van der Waals surface area contributed by atoms with Crippen molar-refractivity contribution in [3.63, 3.8) is 0 Å². The molecule has 1 saturated heterocycles. The molecule has 0 aromatic heterocycles. The number of imide groups is 1. The van der Waals surface area contributed by atoms with Gasteiger partial charge in [0.2, 0.25) is 11.8 Å². The fraction of sp³-hybridized carbons (Fsp3) is 0.714. The van der Waals surface area contributed by atoms with Gasteiger partial charge in [-0.1, -0.05) is 12.8 Å². The van der Waals surface area contributed by atoms with Gasteiger partial charge in [0.1, 0.15) is 0 Å². The fourth-order valence-electron chi connectivity index (χ4n) is 3.25. The second-order valence-corrected chi connectivity index (χ2v) is 5.48. The van der Waals surface area contributed by atoms with Crippen molar-refractivity contribution in [1.29, 1.82) is 0 Å². The van der Waals surface area contributed by atoms with Crippen LogP contribution in [0.4, 0.5) is 0 Å². The number of likely N-dealkylation sites (tertiary alicyclic amines) is 1. The van der Waals surface area contributed by atoms with Gasteiger partial charge in [-0.05, 0) is 25.2 Å². The first-order valence-corrected chi connectivity index (χ1v) is 6.36. The van der Waals surface area contributed by atoms with E-state index < -0.39 is 0 Å². The molecule has 0 radical (unpaired) electrons. The summed E-state index contributed by atoms with van der Waals surface area (Å²) in [6, 6.07) is -0.154. The number of rotatable bonds is 2. The van der Waals surface area contributed by atoms with Crippen molar-refractivity contribution >= 4 is 11.8 Å². The van der Waals surface area contributed by atoms with Crippen molar-refractivity contribution < 1.29 is 9.59 Å². The number of hydrogen-bond donors (Lipinski definition) is 0. The van der Waals surface area contributed by atoms with Crippen molar-refractivity contribution in [3.8, 4) is 12.3 Å². The predicted molar refractivity (Wildman–Crippen MR) is 64.9 cm³/mol. The largest absolute Gasteiger partial charge is 0.279 e. The first-order valence-electron chi connectivity index (χ1n) is 6.36. The molecule has 0 aromatic carbocycles. The van der Waals surface area contributed by atoms with Crippen LogP contribution in [0.3, 0.4) is 0 Å². The van der Waals surface area contributed by atoms with E-state index >= 15 is 0 Å². The Morgan fingerprint density at radius 3 is 2.29 bits per heavy atom. The molecule has 0 bridgehead atoms. The van der Waals surface area contributed by atoms with Crippen LogP contribution in [-0.2, 0) is 9.59 Å². The maximum atomic E-state index is 12.1. The normalized spacial score (nSPS) is 25.1. The Kier molecular flexibility index (Phi) is 3.24. The van der Waals surface area contributed by atoms with E-state index in [1.54, 1.807) is 0 Å². The van der Waals surface area contributed by atoms with Gasteiger partial charge in [0, 0.05) is 25.3 Å². The number of amides is 2. The molecular weight excluding hydrogens is 214 g/mol. The molecule has 1 unspecified atom stereocenters. The molecule has 1 saturated carbocycles. The highest BCUT2D eigenvalue weighted by Gasteiger charge is 2.45. The lowest BCUT2D eigenvalue weighted by Gasteiger charge is -2.39. The molecule has 0 N–H and O–H groups in total. The van der Waals surface area contributed by atoms with Crippen LogP contribution in [0.25, 0.3) is 0 Å². The topological polar surface area (TPSA) is 37.4 Å². The molecule has 92 valence electrons. The first kappa shape index (κ1) is 12.2. The van der Waals surface area contributed by atoms with Crippen LogP contribution < -0.4 is 0 Å². The lowest BCUT2D eigenvalue weighted by atomic mass is 9.76. The summed E-state index contributed by atoms with van der Waals surface area (Å²) in [6.45, 7) is 1.85. The predicted octanol–water partition coefficient (Wildman–Crippen LogP) is 2.11. The molecule has 1 atom stereocenters. The standard InChI is InChI=1S/C14H19NO2/c1-3-6-11(2)15-12(16)9-14(10-13(15)17)7-4-5-8-14/h1,11H,4-10H2,2H3. The van der Waals surface area contributed by atoms with Crippen LogP contribution in [-0.4, -0.2) is 22.8 Å². The summed E-state index contributed by atoms with van der Waals surface area (Å²) >= 11 is 0. The van der Waals surface area contributed by atoms with Gasteiger partial charge in [-0.3, -0.25) is 14.5 Å². The van der Waals surface area contributed by atoms with E-state index in [9.17, 15) is 9.59 Å². The van der Waals surface area contributed by atoms with Crippen molar-refractivity contribution in [3.05, 3.63) is 0 Å². The Bertz CT molecular complexity index is 354. The molecule has 1 spiro atoms. The molecule has 3 nitrogen and oxygen atoms in total. The average molecular weight is 233 g/mol. The van der Waals surface area contributed by atoms with Crippen LogP contribution in [0.2, 0.25) is 0 Å². The van der Waals surface area contributed by atoms with Gasteiger partial charge in [0.25, 0.3) is 0 Å². The van der Waals surface area contributed by atoms with Crippen LogP contribution >= 0.6 is 0 Å². The molecule has 0 aromatic rings. The van der Waals surface area contributed by atoms with E-state index in [4.69, 9.17) is 6.42 Å². The molecule has 1 aliphatic carbocycles. The van der Waals surface area contributed by atoms with Gasteiger partial charge in [-0.25, -0.2) is 0 Å². The quantitative estimate of drug-likeness (QED) is 0.541. The van der Waals surface area contributed by atoms with Gasteiger partial charge in [0.15, 0.2) is 0 Å². The number of carbonyl (C=O) groups is 2. The summed E-state index contributed by atoms with van der Waals surface area (Å²) in [6.07, 6.45) is 11.1. The maximum absolute atomic E-state index is 12.1. The zero-order chi connectivity index (χ0) is 12.5. The molecule has 1 heterocycles. The lowest BCUT2D eigenvalue weighted by molar-refractivity contribution is -0.155. The van der Waals surface area contributed by atoms with Crippen LogP contribution in [0.15, 0.2) is 0 Å². The SMILES string of the molecule is C#CCC(C)N1C(=O)CC2(CCCC2)CC1=O. The summed E-state index contributed by atoms with van der Waals surface area (Å²) in [5, 5.41) is 0. The highest BCUT2D eigenvalue weighted by Crippen LogP contribution is 2.47. The Labute approximate surface area is 103 Å². The minimum absolute atomic E-state index is 0.0134. The van der Waals surface area contributed by atoms with Gasteiger partial charge < -0.3 is 0 Å². The van der Waals surface area contributed by atoms with Crippen molar-refractivity contribution in [2.24, 2.45) is 5.41 Å². The summed E-state index contributed by atoms with van der Waals surface area (Å²) in [4.78, 5) is 25.6. The average Bonchev–Trinajstić information content (AvgIpc) is 2.65. The zero-order valence-corrected chi connectivity index (χ0v) is 10.4. The molecule has 17 heavy (non-hydrogen) atoms. The van der Waals surface area contributed by atoms with Crippen LogP contribution in [0, 0.1) is 17.8 Å². The molecule has 2 aliphatic rings. The first-order chi connectivity index (χ1) is 8.08. The maximum Gasteiger partial charge on any atom is 0.230 e. The van der Waals surface area contributed by atoms with E-state index in [1.807, 2.05) is 6.92 Å². The minimum Gasteiger partial charge on any atom is -0.279 e. The van der Waals surface area contributed by atoms with Gasteiger partial charge in [-0.2, -0.15) is 0 Å². The van der Waals surface area contributed by atoms with Gasteiger partial charge >= 0.3 is 0 Å². The van der Waals surface area contributed by atoms with Crippen LogP contribution in [0.1, 0.15) is 51.9 Å². The monoisotopic (exact) mass is 233 g/mol.